The van der Waals surface area contributed by atoms with Gasteiger partial charge in [-0.3, -0.25) is 19.4 Å². The van der Waals surface area contributed by atoms with Crippen LogP contribution < -0.4 is 4.90 Å². The lowest BCUT2D eigenvalue weighted by molar-refractivity contribution is -0.143. The maximum absolute atomic E-state index is 12.5. The Hall–Kier alpha value is -1.88. The molecule has 0 aromatic heterocycles. The first-order valence-electron chi connectivity index (χ1n) is 8.82. The number of para-hydroxylation sites is 1. The van der Waals surface area contributed by atoms with E-state index in [4.69, 9.17) is 0 Å². The fourth-order valence-electron chi connectivity index (χ4n) is 3.61. The number of rotatable bonds is 4. The van der Waals surface area contributed by atoms with Gasteiger partial charge in [-0.15, -0.1) is 0 Å². The molecule has 0 N–H and O–H groups in total. The maximum atomic E-state index is 12.5. The second-order valence-electron chi connectivity index (χ2n) is 7.25. The molecule has 5 heteroatoms. The molecule has 0 aliphatic carbocycles. The average Bonchev–Trinajstić information content (AvgIpc) is 2.80. The van der Waals surface area contributed by atoms with Crippen molar-refractivity contribution in [2.75, 3.05) is 37.7 Å². The number of likely N-dealkylation sites (tertiary alicyclic amines) is 1. The van der Waals surface area contributed by atoms with Gasteiger partial charge in [0.05, 0.1) is 12.1 Å². The topological polar surface area (TPSA) is 43.9 Å². The number of piperazine rings is 1. The zero-order valence-corrected chi connectivity index (χ0v) is 14.9. The van der Waals surface area contributed by atoms with Crippen LogP contribution in [0, 0.1) is 12.3 Å². The van der Waals surface area contributed by atoms with Crippen molar-refractivity contribution in [1.29, 1.82) is 0 Å². The number of nitrogens with zero attached hydrogens (tertiary/aromatic N) is 3. The van der Waals surface area contributed by atoms with Crippen LogP contribution in [0.5, 0.6) is 0 Å². The van der Waals surface area contributed by atoms with Crippen molar-refractivity contribution in [2.24, 2.45) is 5.41 Å². The minimum absolute atomic E-state index is 0.00339. The van der Waals surface area contributed by atoms with Gasteiger partial charge in [0.25, 0.3) is 0 Å². The van der Waals surface area contributed by atoms with E-state index in [1.165, 1.54) is 16.2 Å². The molecule has 0 spiro atoms. The fraction of sp³-hybridized carbons (Fsp3) is 0.579. The van der Waals surface area contributed by atoms with Crippen molar-refractivity contribution in [3.63, 3.8) is 0 Å². The smallest absolute Gasteiger partial charge is 0.236 e. The van der Waals surface area contributed by atoms with Gasteiger partial charge in [-0.05, 0) is 25.0 Å². The summed E-state index contributed by atoms with van der Waals surface area (Å²) >= 11 is 0. The van der Waals surface area contributed by atoms with Crippen LogP contribution in [0.15, 0.2) is 24.3 Å². The van der Waals surface area contributed by atoms with Gasteiger partial charge in [-0.25, -0.2) is 0 Å². The fourth-order valence-corrected chi connectivity index (χ4v) is 3.61. The Morgan fingerprint density at radius 2 is 1.75 bits per heavy atom. The molecule has 2 aliphatic rings. The van der Waals surface area contributed by atoms with Crippen molar-refractivity contribution in [3.8, 4) is 0 Å². The van der Waals surface area contributed by atoms with Crippen LogP contribution >= 0.6 is 0 Å². The first-order valence-corrected chi connectivity index (χ1v) is 8.82. The molecule has 1 aromatic rings. The zero-order valence-electron chi connectivity index (χ0n) is 14.9. The van der Waals surface area contributed by atoms with E-state index >= 15 is 0 Å². The maximum Gasteiger partial charge on any atom is 0.236 e. The minimum Gasteiger partial charge on any atom is -0.369 e. The lowest BCUT2D eigenvalue weighted by Crippen LogP contribution is -2.51. The lowest BCUT2D eigenvalue weighted by atomic mass is 9.86. The highest BCUT2D eigenvalue weighted by atomic mass is 16.2. The van der Waals surface area contributed by atoms with Crippen LogP contribution in [-0.4, -0.2) is 54.5 Å². The minimum atomic E-state index is -0.500. The summed E-state index contributed by atoms with van der Waals surface area (Å²) < 4.78 is 0. The molecule has 2 saturated heterocycles. The molecule has 2 heterocycles. The van der Waals surface area contributed by atoms with E-state index in [0.717, 1.165) is 32.6 Å². The molecule has 1 aromatic carbocycles. The summed E-state index contributed by atoms with van der Waals surface area (Å²) in [4.78, 5) is 30.8. The van der Waals surface area contributed by atoms with Gasteiger partial charge in [0.15, 0.2) is 0 Å². The summed E-state index contributed by atoms with van der Waals surface area (Å²) in [5, 5.41) is 0. The number of carbonyl (C=O) groups excluding carboxylic acids is 2. The molecule has 2 aliphatic heterocycles. The molecule has 3 rings (SSSR count). The summed E-state index contributed by atoms with van der Waals surface area (Å²) in [5.41, 5.74) is 2.07. The van der Waals surface area contributed by atoms with Gasteiger partial charge in [0.1, 0.15) is 0 Å². The van der Waals surface area contributed by atoms with Crippen molar-refractivity contribution < 1.29 is 9.59 Å². The number of anilines is 1. The Kier molecular flexibility index (Phi) is 4.63. The quantitative estimate of drug-likeness (QED) is 0.795. The van der Waals surface area contributed by atoms with Gasteiger partial charge < -0.3 is 4.90 Å². The van der Waals surface area contributed by atoms with Gasteiger partial charge in [0.2, 0.25) is 11.8 Å². The second-order valence-corrected chi connectivity index (χ2v) is 7.25. The van der Waals surface area contributed by atoms with Crippen LogP contribution in [0.4, 0.5) is 5.69 Å². The SMILES string of the molecule is CCC1(C)CC(=O)N(CN2CCN(c3ccccc3C)CC2)C1=O. The predicted molar refractivity (Wildman–Crippen MR) is 94.7 cm³/mol. The summed E-state index contributed by atoms with van der Waals surface area (Å²) in [6.45, 7) is 10.0. The summed E-state index contributed by atoms with van der Waals surface area (Å²) in [5.74, 6) is -0.0259. The predicted octanol–water partition coefficient (Wildman–Crippen LogP) is 2.25. The third-order valence-electron chi connectivity index (χ3n) is 5.55. The molecule has 1 atom stereocenters. The van der Waals surface area contributed by atoms with E-state index in [0.29, 0.717) is 13.1 Å². The number of hydrogen-bond donors (Lipinski definition) is 0. The largest absolute Gasteiger partial charge is 0.369 e. The van der Waals surface area contributed by atoms with Gasteiger partial charge in [0, 0.05) is 38.3 Å². The van der Waals surface area contributed by atoms with Crippen molar-refractivity contribution in [3.05, 3.63) is 29.8 Å². The number of hydrogen-bond acceptors (Lipinski definition) is 4. The van der Waals surface area contributed by atoms with Gasteiger partial charge >= 0.3 is 0 Å². The van der Waals surface area contributed by atoms with Crippen LogP contribution in [0.25, 0.3) is 0 Å². The first kappa shape index (κ1) is 17.0. The molecule has 5 nitrogen and oxygen atoms in total. The first-order chi connectivity index (χ1) is 11.4. The molecule has 2 amide bonds. The Morgan fingerprint density at radius 3 is 2.33 bits per heavy atom. The highest BCUT2D eigenvalue weighted by Gasteiger charge is 2.47. The van der Waals surface area contributed by atoms with Crippen LogP contribution in [0.1, 0.15) is 32.3 Å². The summed E-state index contributed by atoms with van der Waals surface area (Å²) in [6.07, 6.45) is 1.07. The molecule has 24 heavy (non-hydrogen) atoms. The summed E-state index contributed by atoms with van der Waals surface area (Å²) in [6, 6.07) is 8.42. The standard InChI is InChI=1S/C19H27N3O2/c1-4-19(3)13-17(23)22(18(19)24)14-20-9-11-21(12-10-20)16-8-6-5-7-15(16)2/h5-8H,4,9-14H2,1-3H3. The van der Waals surface area contributed by atoms with Crippen LogP contribution in [0.3, 0.4) is 0 Å². The lowest BCUT2D eigenvalue weighted by Gasteiger charge is -2.38. The molecule has 130 valence electrons. The van der Waals surface area contributed by atoms with Crippen LogP contribution in [0.2, 0.25) is 0 Å². The van der Waals surface area contributed by atoms with E-state index in [-0.39, 0.29) is 11.8 Å². The Bertz CT molecular complexity index is 637. The third kappa shape index (κ3) is 3.05. The highest BCUT2D eigenvalue weighted by molar-refractivity contribution is 6.05. The molecular weight excluding hydrogens is 302 g/mol. The number of benzene rings is 1. The van der Waals surface area contributed by atoms with Crippen molar-refractivity contribution in [2.45, 2.75) is 33.6 Å². The average molecular weight is 329 g/mol. The molecule has 0 saturated carbocycles. The second kappa shape index (κ2) is 6.55. The molecule has 1 unspecified atom stereocenters. The normalized spacial score (nSPS) is 25.6. The number of amides is 2. The molecular formula is C19H27N3O2. The summed E-state index contributed by atoms with van der Waals surface area (Å²) in [7, 11) is 0. The van der Waals surface area contributed by atoms with Gasteiger partial charge in [-0.1, -0.05) is 32.0 Å². The Labute approximate surface area is 144 Å². The van der Waals surface area contributed by atoms with Gasteiger partial charge in [-0.2, -0.15) is 0 Å². The van der Waals surface area contributed by atoms with Crippen molar-refractivity contribution in [1.82, 2.24) is 9.80 Å². The monoisotopic (exact) mass is 329 g/mol. The molecule has 0 radical (unpaired) electrons. The van der Waals surface area contributed by atoms with E-state index in [1.54, 1.807) is 0 Å². The van der Waals surface area contributed by atoms with Crippen LogP contribution in [-0.2, 0) is 9.59 Å². The third-order valence-corrected chi connectivity index (χ3v) is 5.55. The van der Waals surface area contributed by atoms with E-state index in [9.17, 15) is 9.59 Å². The van der Waals surface area contributed by atoms with Crippen molar-refractivity contribution >= 4 is 17.5 Å². The number of carbonyl (C=O) groups is 2. The Morgan fingerprint density at radius 1 is 1.08 bits per heavy atom. The van der Waals surface area contributed by atoms with E-state index < -0.39 is 5.41 Å². The highest BCUT2D eigenvalue weighted by Crippen LogP contribution is 2.35. The molecule has 0 bridgehead atoms. The van der Waals surface area contributed by atoms with E-state index in [1.807, 2.05) is 13.8 Å². The number of aryl methyl sites for hydroxylation is 1. The number of imide groups is 1. The Balaban J connectivity index is 1.59. The zero-order chi connectivity index (χ0) is 17.3. The molecule has 2 fully saturated rings. The van der Waals surface area contributed by atoms with E-state index in [2.05, 4.69) is 41.0 Å².